The summed E-state index contributed by atoms with van der Waals surface area (Å²) in [6.45, 7) is 5.95. The van der Waals surface area contributed by atoms with Crippen LogP contribution in [0.25, 0.3) is 16.5 Å². The van der Waals surface area contributed by atoms with Gasteiger partial charge >= 0.3 is 0 Å². The van der Waals surface area contributed by atoms with Gasteiger partial charge < -0.3 is 9.72 Å². The number of hydrogen-bond donors (Lipinski definition) is 2. The third-order valence-electron chi connectivity index (χ3n) is 4.41. The smallest absolute Gasteiger partial charge is 0.277 e. The lowest BCUT2D eigenvalue weighted by Gasteiger charge is -2.21. The van der Waals surface area contributed by atoms with Gasteiger partial charge in [-0.3, -0.25) is 14.9 Å². The molecule has 0 spiro atoms. The Morgan fingerprint density at radius 3 is 2.41 bits per heavy atom. The van der Waals surface area contributed by atoms with E-state index >= 15 is 0 Å². The number of imide groups is 1. The molecule has 0 fully saturated rings. The molecular formula is C23H21N3O3. The molecule has 2 N–H and O–H groups in total. The average molecular weight is 387 g/mol. The molecule has 3 aromatic rings. The molecule has 0 radical (unpaired) electrons. The van der Waals surface area contributed by atoms with Crippen LogP contribution in [-0.2, 0) is 9.59 Å². The van der Waals surface area contributed by atoms with E-state index in [1.54, 1.807) is 12.4 Å². The Balaban J connectivity index is 1.68. The van der Waals surface area contributed by atoms with Crippen LogP contribution in [-0.4, -0.2) is 28.6 Å². The van der Waals surface area contributed by atoms with E-state index in [9.17, 15) is 9.59 Å². The molecular weight excluding hydrogens is 366 g/mol. The lowest BCUT2D eigenvalue weighted by Crippen LogP contribution is -2.22. The number of fused-ring (bicyclic) bond motifs is 1. The van der Waals surface area contributed by atoms with E-state index in [0.29, 0.717) is 5.56 Å². The zero-order valence-corrected chi connectivity index (χ0v) is 16.4. The second-order valence-electron chi connectivity index (χ2n) is 7.80. The quantitative estimate of drug-likeness (QED) is 0.527. The maximum Gasteiger partial charge on any atom is 0.277 e. The number of benzene rings is 2. The van der Waals surface area contributed by atoms with Crippen LogP contribution in [0.3, 0.4) is 0 Å². The fourth-order valence-corrected chi connectivity index (χ4v) is 3.21. The molecule has 0 unspecified atom stereocenters. The Labute approximate surface area is 168 Å². The van der Waals surface area contributed by atoms with E-state index in [2.05, 4.69) is 15.3 Å². The van der Waals surface area contributed by atoms with Crippen LogP contribution in [0.4, 0.5) is 0 Å². The molecule has 0 saturated heterocycles. The molecule has 6 heteroatoms. The normalized spacial score (nSPS) is 14.9. The summed E-state index contributed by atoms with van der Waals surface area (Å²) in [6, 6.07) is 15.0. The predicted octanol–water partition coefficient (Wildman–Crippen LogP) is 3.83. The van der Waals surface area contributed by atoms with Crippen LogP contribution in [0.1, 0.15) is 31.9 Å². The zero-order chi connectivity index (χ0) is 20.6. The Bertz CT molecular complexity index is 1160. The highest BCUT2D eigenvalue weighted by Crippen LogP contribution is 2.30. The van der Waals surface area contributed by atoms with Crippen molar-refractivity contribution in [2.75, 3.05) is 0 Å². The summed E-state index contributed by atoms with van der Waals surface area (Å²) in [5.41, 5.74) is 2.44. The van der Waals surface area contributed by atoms with E-state index in [0.717, 1.165) is 22.2 Å². The summed E-state index contributed by atoms with van der Waals surface area (Å²) in [4.78, 5) is 32.2. The number of aliphatic imine (C=N–C) groups is 1. The number of aromatic amines is 1. The third kappa shape index (κ3) is 3.82. The van der Waals surface area contributed by atoms with E-state index in [4.69, 9.17) is 4.74 Å². The molecule has 2 amide bonds. The van der Waals surface area contributed by atoms with E-state index in [-0.39, 0.29) is 16.9 Å². The topological polar surface area (TPSA) is 83.5 Å². The standard InChI is InChI=1S/C23H21N3O3/c1-23(2,3)29-15-10-8-14(9-11-15)12-25-20-19(21(27)26-22(20)28)17-13-24-18-7-5-4-6-16(17)18/h4-13,24H,1-3H3,(H,26,27,28). The zero-order valence-electron chi connectivity index (χ0n) is 16.4. The van der Waals surface area contributed by atoms with Crippen molar-refractivity contribution in [2.45, 2.75) is 26.4 Å². The number of nitrogens with zero attached hydrogens (tertiary/aromatic N) is 1. The van der Waals surface area contributed by atoms with Gasteiger partial charge in [0.2, 0.25) is 0 Å². The van der Waals surface area contributed by atoms with Crippen molar-refractivity contribution in [2.24, 2.45) is 4.99 Å². The molecule has 4 rings (SSSR count). The number of H-pyrrole nitrogens is 1. The molecule has 1 aliphatic heterocycles. The number of para-hydroxylation sites is 1. The number of amides is 2. The molecule has 29 heavy (non-hydrogen) atoms. The first-order valence-electron chi connectivity index (χ1n) is 9.31. The number of hydrogen-bond acceptors (Lipinski definition) is 4. The van der Waals surface area contributed by atoms with Crippen LogP contribution in [0.15, 0.2) is 65.4 Å². The van der Waals surface area contributed by atoms with Gasteiger partial charge in [0.15, 0.2) is 0 Å². The highest BCUT2D eigenvalue weighted by atomic mass is 16.5. The van der Waals surface area contributed by atoms with Gasteiger partial charge in [-0.05, 0) is 56.7 Å². The Hall–Kier alpha value is -3.67. The van der Waals surface area contributed by atoms with Gasteiger partial charge in [0, 0.05) is 28.9 Å². The number of nitrogens with one attached hydrogen (secondary N) is 2. The number of rotatable bonds is 4. The molecule has 1 aliphatic rings. The second kappa shape index (κ2) is 7.05. The molecule has 1 aromatic heterocycles. The number of carbonyl (C=O) groups excluding carboxylic acids is 2. The van der Waals surface area contributed by atoms with Crippen molar-refractivity contribution < 1.29 is 14.3 Å². The Morgan fingerprint density at radius 2 is 1.69 bits per heavy atom. The first-order chi connectivity index (χ1) is 13.8. The van der Waals surface area contributed by atoms with Gasteiger partial charge in [0.25, 0.3) is 11.8 Å². The van der Waals surface area contributed by atoms with Crippen molar-refractivity contribution in [1.29, 1.82) is 0 Å². The van der Waals surface area contributed by atoms with Crippen LogP contribution >= 0.6 is 0 Å². The minimum Gasteiger partial charge on any atom is -0.488 e. The highest BCUT2D eigenvalue weighted by molar-refractivity contribution is 6.37. The van der Waals surface area contributed by atoms with Gasteiger partial charge in [-0.15, -0.1) is 0 Å². The molecule has 0 atom stereocenters. The molecule has 2 heterocycles. The summed E-state index contributed by atoms with van der Waals surface area (Å²) in [7, 11) is 0. The maximum absolute atomic E-state index is 12.4. The van der Waals surface area contributed by atoms with Gasteiger partial charge in [0.05, 0.1) is 5.57 Å². The minimum atomic E-state index is -0.501. The van der Waals surface area contributed by atoms with Gasteiger partial charge in [-0.2, -0.15) is 0 Å². The van der Waals surface area contributed by atoms with Crippen molar-refractivity contribution in [3.05, 3.63) is 71.6 Å². The lowest BCUT2D eigenvalue weighted by molar-refractivity contribution is -0.123. The largest absolute Gasteiger partial charge is 0.488 e. The highest BCUT2D eigenvalue weighted by Gasteiger charge is 2.32. The van der Waals surface area contributed by atoms with Crippen LogP contribution < -0.4 is 10.1 Å². The summed E-state index contributed by atoms with van der Waals surface area (Å²) in [5, 5.41) is 3.21. The van der Waals surface area contributed by atoms with E-state index < -0.39 is 11.8 Å². The summed E-state index contributed by atoms with van der Waals surface area (Å²) >= 11 is 0. The number of ether oxygens (including phenoxy) is 1. The van der Waals surface area contributed by atoms with Crippen molar-refractivity contribution in [1.82, 2.24) is 10.3 Å². The van der Waals surface area contributed by atoms with Crippen LogP contribution in [0.2, 0.25) is 0 Å². The Kier molecular flexibility index (Phi) is 4.54. The molecule has 146 valence electrons. The molecule has 2 aromatic carbocycles. The van der Waals surface area contributed by atoms with E-state index in [1.165, 1.54) is 0 Å². The fraction of sp³-hybridized carbons (Fsp3) is 0.174. The van der Waals surface area contributed by atoms with Crippen LogP contribution in [0, 0.1) is 0 Å². The SMILES string of the molecule is CC(C)(C)Oc1ccc(C=NC2=C(c3c[nH]c4ccccc34)C(=O)NC2=O)cc1. The molecule has 0 bridgehead atoms. The number of aromatic nitrogens is 1. The Morgan fingerprint density at radius 1 is 0.966 bits per heavy atom. The first-order valence-corrected chi connectivity index (χ1v) is 9.31. The second-order valence-corrected chi connectivity index (χ2v) is 7.80. The van der Waals surface area contributed by atoms with Crippen molar-refractivity contribution in [3.63, 3.8) is 0 Å². The average Bonchev–Trinajstić information content (AvgIpc) is 3.20. The van der Waals surface area contributed by atoms with Gasteiger partial charge in [-0.1, -0.05) is 18.2 Å². The molecule has 0 saturated carbocycles. The number of carbonyl (C=O) groups is 2. The molecule has 0 aliphatic carbocycles. The summed E-state index contributed by atoms with van der Waals surface area (Å²) < 4.78 is 5.81. The predicted molar refractivity (Wildman–Crippen MR) is 113 cm³/mol. The third-order valence-corrected chi connectivity index (χ3v) is 4.41. The fourth-order valence-electron chi connectivity index (χ4n) is 3.21. The minimum absolute atomic E-state index is 0.106. The van der Waals surface area contributed by atoms with Crippen molar-refractivity contribution >= 4 is 34.5 Å². The molecule has 6 nitrogen and oxygen atoms in total. The summed E-state index contributed by atoms with van der Waals surface area (Å²) in [5.74, 6) is -0.192. The lowest BCUT2D eigenvalue weighted by atomic mass is 10.0. The van der Waals surface area contributed by atoms with Crippen molar-refractivity contribution in [3.8, 4) is 5.75 Å². The first kappa shape index (κ1) is 18.7. The maximum atomic E-state index is 12.4. The van der Waals surface area contributed by atoms with Gasteiger partial charge in [-0.25, -0.2) is 4.99 Å². The van der Waals surface area contributed by atoms with Crippen LogP contribution in [0.5, 0.6) is 5.75 Å². The summed E-state index contributed by atoms with van der Waals surface area (Å²) in [6.07, 6.45) is 3.30. The van der Waals surface area contributed by atoms with E-state index in [1.807, 2.05) is 69.3 Å². The monoisotopic (exact) mass is 387 g/mol. The van der Waals surface area contributed by atoms with Gasteiger partial charge in [0.1, 0.15) is 17.0 Å².